The summed E-state index contributed by atoms with van der Waals surface area (Å²) in [5, 5.41) is 8.15. The van der Waals surface area contributed by atoms with Gasteiger partial charge in [0, 0.05) is 17.3 Å². The maximum Gasteiger partial charge on any atom is 0.267 e. The zero-order chi connectivity index (χ0) is 18.5. The summed E-state index contributed by atoms with van der Waals surface area (Å²) in [6, 6.07) is 18.2. The highest BCUT2D eigenvalue weighted by Crippen LogP contribution is 2.05. The fraction of sp³-hybridized carbons (Fsp3) is 0.0556. The van der Waals surface area contributed by atoms with E-state index in [0.29, 0.717) is 5.69 Å². The Labute approximate surface area is 147 Å². The third-order valence-electron chi connectivity index (χ3n) is 2.50. The summed E-state index contributed by atoms with van der Waals surface area (Å²) >= 11 is 0. The molecule has 130 valence electrons. The van der Waals surface area contributed by atoms with Gasteiger partial charge in [-0.25, -0.2) is 13.9 Å². The smallest absolute Gasteiger partial charge is 0.267 e. The highest BCUT2D eigenvalue weighted by molar-refractivity contribution is 7.92. The fourth-order valence-electron chi connectivity index (χ4n) is 1.52. The number of nitrogens with one attached hydrogen (secondary N) is 2. The molecule has 25 heavy (non-hydrogen) atoms. The van der Waals surface area contributed by atoms with Crippen LogP contribution >= 0.6 is 0 Å². The van der Waals surface area contributed by atoms with Gasteiger partial charge in [0.25, 0.3) is 5.91 Å². The molecular weight excluding hydrogens is 340 g/mol. The highest BCUT2D eigenvalue weighted by atomic mass is 32.2. The van der Waals surface area contributed by atoms with E-state index in [0.717, 1.165) is 17.9 Å². The molecule has 6 nitrogen and oxygen atoms in total. The van der Waals surface area contributed by atoms with E-state index in [2.05, 4.69) is 16.6 Å². The summed E-state index contributed by atoms with van der Waals surface area (Å²) < 4.78 is 23.7. The molecule has 0 aromatic heterocycles. The van der Waals surface area contributed by atoms with Crippen molar-refractivity contribution in [1.82, 2.24) is 5.48 Å². The van der Waals surface area contributed by atoms with Gasteiger partial charge in [0.1, 0.15) is 0 Å². The van der Waals surface area contributed by atoms with Crippen molar-refractivity contribution in [3.63, 3.8) is 0 Å². The summed E-state index contributed by atoms with van der Waals surface area (Å²) in [6.07, 6.45) is 3.65. The molecule has 0 bridgehead atoms. The lowest BCUT2D eigenvalue weighted by atomic mass is 10.2. The molecule has 2 rings (SSSR count). The minimum absolute atomic E-state index is 0.590. The van der Waals surface area contributed by atoms with E-state index in [4.69, 9.17) is 5.21 Å². The first-order valence-electron chi connectivity index (χ1n) is 7.11. The van der Waals surface area contributed by atoms with Crippen LogP contribution in [-0.2, 0) is 14.8 Å². The number of hydroxylamine groups is 1. The summed E-state index contributed by atoms with van der Waals surface area (Å²) in [6.45, 7) is 0. The molecule has 3 N–H and O–H groups in total. The molecule has 0 atom stereocenters. The van der Waals surface area contributed by atoms with Crippen LogP contribution in [0.4, 0.5) is 5.69 Å². The molecule has 0 heterocycles. The molecule has 0 spiro atoms. The number of hydrogen-bond donors (Lipinski definition) is 3. The Bertz CT molecular complexity index is 852. The average molecular weight is 358 g/mol. The maximum absolute atomic E-state index is 10.7. The van der Waals surface area contributed by atoms with Gasteiger partial charge in [0.05, 0.1) is 6.26 Å². The number of hydrogen-bond acceptors (Lipinski definition) is 4. The molecule has 1 amide bonds. The van der Waals surface area contributed by atoms with Crippen LogP contribution in [0.25, 0.3) is 0 Å². The van der Waals surface area contributed by atoms with Crippen LogP contribution in [0.1, 0.15) is 5.56 Å². The molecule has 2 aromatic rings. The average Bonchev–Trinajstić information content (AvgIpc) is 2.59. The number of allylic oxidation sites excluding steroid dienone is 1. The van der Waals surface area contributed by atoms with Gasteiger partial charge in [-0.15, -0.1) is 0 Å². The van der Waals surface area contributed by atoms with Crippen molar-refractivity contribution in [3.05, 3.63) is 78.4 Å². The van der Waals surface area contributed by atoms with Crippen LogP contribution < -0.4 is 10.2 Å². The summed E-state index contributed by atoms with van der Waals surface area (Å²) in [5.74, 6) is 4.90. The first-order valence-corrected chi connectivity index (χ1v) is 9.00. The van der Waals surface area contributed by atoms with Gasteiger partial charge in [0.15, 0.2) is 0 Å². The largest absolute Gasteiger partial charge is 0.288 e. The zero-order valence-electron chi connectivity index (χ0n) is 13.5. The number of rotatable bonds is 3. The molecule has 0 aliphatic carbocycles. The van der Waals surface area contributed by atoms with Gasteiger partial charge >= 0.3 is 0 Å². The SMILES string of the molecule is CS(=O)(=O)Nc1ccccc1.O=C(/C=C/C#Cc1ccccc1)NO. The molecule has 0 aliphatic rings. The van der Waals surface area contributed by atoms with Crippen LogP contribution in [-0.4, -0.2) is 25.8 Å². The van der Waals surface area contributed by atoms with Crippen molar-refractivity contribution in [2.75, 3.05) is 11.0 Å². The van der Waals surface area contributed by atoms with Crippen LogP contribution in [0, 0.1) is 11.8 Å². The maximum atomic E-state index is 10.7. The van der Waals surface area contributed by atoms with E-state index in [1.807, 2.05) is 36.4 Å². The topological polar surface area (TPSA) is 95.5 Å². The predicted octanol–water partition coefficient (Wildman–Crippen LogP) is 2.16. The molecular formula is C18H18N2O4S. The Kier molecular flexibility index (Phi) is 8.50. The van der Waals surface area contributed by atoms with E-state index in [1.54, 1.807) is 24.3 Å². The minimum Gasteiger partial charge on any atom is -0.288 e. The van der Waals surface area contributed by atoms with E-state index in [1.165, 1.54) is 11.6 Å². The third-order valence-corrected chi connectivity index (χ3v) is 3.10. The van der Waals surface area contributed by atoms with Crippen LogP contribution in [0.2, 0.25) is 0 Å². The number of anilines is 1. The summed E-state index contributed by atoms with van der Waals surface area (Å²) in [7, 11) is -3.13. The Morgan fingerprint density at radius 1 is 1.04 bits per heavy atom. The summed E-state index contributed by atoms with van der Waals surface area (Å²) in [4.78, 5) is 10.5. The summed E-state index contributed by atoms with van der Waals surface area (Å²) in [5.41, 5.74) is 2.94. The van der Waals surface area contributed by atoms with Gasteiger partial charge in [-0.1, -0.05) is 48.2 Å². The zero-order valence-corrected chi connectivity index (χ0v) is 14.3. The third kappa shape index (κ3) is 10.3. The van der Waals surface area contributed by atoms with Gasteiger partial charge in [-0.2, -0.15) is 0 Å². The van der Waals surface area contributed by atoms with Gasteiger partial charge in [-0.3, -0.25) is 14.7 Å². The van der Waals surface area contributed by atoms with Crippen molar-refractivity contribution >= 4 is 21.6 Å². The van der Waals surface area contributed by atoms with E-state index >= 15 is 0 Å². The number of sulfonamides is 1. The van der Waals surface area contributed by atoms with E-state index in [-0.39, 0.29) is 0 Å². The van der Waals surface area contributed by atoms with Crippen molar-refractivity contribution < 1.29 is 18.4 Å². The lowest BCUT2D eigenvalue weighted by Crippen LogP contribution is -2.14. The number of carbonyl (C=O) groups excluding carboxylic acids is 1. The number of amides is 1. The second-order valence-corrected chi connectivity index (χ2v) is 6.43. The monoisotopic (exact) mass is 358 g/mol. The highest BCUT2D eigenvalue weighted by Gasteiger charge is 1.98. The molecule has 0 radical (unpaired) electrons. The van der Waals surface area contributed by atoms with Crippen molar-refractivity contribution in [3.8, 4) is 11.8 Å². The Morgan fingerprint density at radius 3 is 2.12 bits per heavy atom. The predicted molar refractivity (Wildman–Crippen MR) is 97.3 cm³/mol. The van der Waals surface area contributed by atoms with E-state index < -0.39 is 15.9 Å². The van der Waals surface area contributed by atoms with Gasteiger partial charge in [0.2, 0.25) is 10.0 Å². The first-order chi connectivity index (χ1) is 11.9. The lowest BCUT2D eigenvalue weighted by molar-refractivity contribution is -0.124. The van der Waals surface area contributed by atoms with Crippen LogP contribution in [0.5, 0.6) is 0 Å². The van der Waals surface area contributed by atoms with Crippen molar-refractivity contribution in [1.29, 1.82) is 0 Å². The van der Waals surface area contributed by atoms with Crippen molar-refractivity contribution in [2.45, 2.75) is 0 Å². The Balaban J connectivity index is 0.000000257. The molecule has 0 saturated carbocycles. The van der Waals surface area contributed by atoms with Crippen molar-refractivity contribution in [2.24, 2.45) is 0 Å². The molecule has 7 heteroatoms. The number of benzene rings is 2. The first kappa shape index (κ1) is 20.0. The number of para-hydroxylation sites is 1. The minimum atomic E-state index is -3.13. The normalized spacial score (nSPS) is 10.0. The molecule has 0 fully saturated rings. The lowest BCUT2D eigenvalue weighted by Gasteiger charge is -2.00. The second-order valence-electron chi connectivity index (χ2n) is 4.69. The molecule has 0 aliphatic heterocycles. The standard InChI is InChI=1S/C11H9NO2.C7H9NO2S/c13-11(12-14)9-5-4-8-10-6-2-1-3-7-10;1-11(9,10)8-7-5-3-2-4-6-7/h1-3,5-7,9,14H,(H,12,13);2-6,8H,1H3/b9-5+;. The quantitative estimate of drug-likeness (QED) is 0.339. The molecule has 0 unspecified atom stereocenters. The second kappa shape index (κ2) is 10.6. The molecule has 0 saturated heterocycles. The number of carbonyl (C=O) groups is 1. The van der Waals surface area contributed by atoms with Gasteiger partial charge < -0.3 is 0 Å². The van der Waals surface area contributed by atoms with Crippen LogP contribution in [0.3, 0.4) is 0 Å². The molecule has 2 aromatic carbocycles. The van der Waals surface area contributed by atoms with Crippen LogP contribution in [0.15, 0.2) is 72.8 Å². The Hall–Kier alpha value is -3.08. The van der Waals surface area contributed by atoms with Gasteiger partial charge in [-0.05, 0) is 30.3 Å². The fourth-order valence-corrected chi connectivity index (χ4v) is 2.09. The van der Waals surface area contributed by atoms with E-state index in [9.17, 15) is 13.2 Å². The Morgan fingerprint density at radius 2 is 1.60 bits per heavy atom.